The van der Waals surface area contributed by atoms with Crippen molar-refractivity contribution in [3.05, 3.63) is 52.5 Å². The molecule has 6 nitrogen and oxygen atoms in total. The van der Waals surface area contributed by atoms with E-state index in [9.17, 15) is 9.90 Å². The molecule has 0 aliphatic carbocycles. The van der Waals surface area contributed by atoms with E-state index in [1.165, 1.54) is 31.0 Å². The Morgan fingerprint density at radius 3 is 2.67 bits per heavy atom. The number of phenolic OH excluding ortho intramolecular Hbond substituents is 1. The highest BCUT2D eigenvalue weighted by molar-refractivity contribution is 6.31. The van der Waals surface area contributed by atoms with Crippen molar-refractivity contribution in [2.75, 3.05) is 13.7 Å². The number of nitrogens with zero attached hydrogens (tertiary/aromatic N) is 1. The van der Waals surface area contributed by atoms with Crippen molar-refractivity contribution < 1.29 is 19.4 Å². The molecule has 0 heterocycles. The average Bonchev–Trinajstić information content (AvgIpc) is 2.68. The maximum atomic E-state index is 11.8. The van der Waals surface area contributed by atoms with Crippen LogP contribution in [0, 0.1) is 0 Å². The van der Waals surface area contributed by atoms with Crippen molar-refractivity contribution >= 4 is 23.7 Å². The van der Waals surface area contributed by atoms with E-state index >= 15 is 0 Å². The molecule has 27 heavy (non-hydrogen) atoms. The van der Waals surface area contributed by atoms with Gasteiger partial charge in [0.15, 0.2) is 18.1 Å². The number of aromatic hydroxyl groups is 1. The van der Waals surface area contributed by atoms with Crippen molar-refractivity contribution in [2.24, 2.45) is 5.10 Å². The number of nitrogens with one attached hydrogen (secondary N) is 1. The van der Waals surface area contributed by atoms with Gasteiger partial charge in [0.05, 0.1) is 13.3 Å². The topological polar surface area (TPSA) is 80.2 Å². The summed E-state index contributed by atoms with van der Waals surface area (Å²) in [5, 5.41) is 14.2. The molecule has 0 aromatic heterocycles. The van der Waals surface area contributed by atoms with Crippen LogP contribution in [0.3, 0.4) is 0 Å². The number of halogens is 1. The van der Waals surface area contributed by atoms with Crippen LogP contribution in [0.15, 0.2) is 41.5 Å². The molecule has 1 atom stereocenters. The number of ether oxygens (including phenoxy) is 2. The molecule has 0 radical (unpaired) electrons. The number of phenols is 1. The molecule has 0 saturated carbocycles. The Morgan fingerprint density at radius 2 is 2.04 bits per heavy atom. The number of rotatable bonds is 8. The Hall–Kier alpha value is -2.73. The fourth-order valence-electron chi connectivity index (χ4n) is 2.33. The summed E-state index contributed by atoms with van der Waals surface area (Å²) >= 11 is 5.94. The van der Waals surface area contributed by atoms with Gasteiger partial charge in [-0.3, -0.25) is 4.79 Å². The molecule has 2 aromatic carbocycles. The predicted octanol–water partition coefficient (Wildman–Crippen LogP) is 4.10. The molecule has 0 aliphatic heterocycles. The summed E-state index contributed by atoms with van der Waals surface area (Å²) in [7, 11) is 1.42. The second-order valence-electron chi connectivity index (χ2n) is 6.01. The van der Waals surface area contributed by atoms with Crippen LogP contribution in [-0.2, 0) is 4.79 Å². The molecule has 1 amide bonds. The lowest BCUT2D eigenvalue weighted by Gasteiger charge is -2.10. The lowest BCUT2D eigenvalue weighted by atomic mass is 9.99. The first kappa shape index (κ1) is 20.6. The minimum absolute atomic E-state index is 0.113. The fraction of sp³-hybridized carbons (Fsp3) is 0.300. The number of carbonyl (C=O) groups excluding carboxylic acids is 1. The number of carbonyl (C=O) groups is 1. The first-order valence-corrected chi connectivity index (χ1v) is 8.93. The first-order chi connectivity index (χ1) is 12.9. The predicted molar refractivity (Wildman–Crippen MR) is 106 cm³/mol. The van der Waals surface area contributed by atoms with Gasteiger partial charge in [0.2, 0.25) is 0 Å². The molecule has 0 saturated heterocycles. The molecule has 7 heteroatoms. The smallest absolute Gasteiger partial charge is 0.277 e. The highest BCUT2D eigenvalue weighted by atomic mass is 35.5. The molecular weight excluding hydrogens is 368 g/mol. The van der Waals surface area contributed by atoms with Crippen molar-refractivity contribution in [1.82, 2.24) is 5.43 Å². The van der Waals surface area contributed by atoms with Gasteiger partial charge in [-0.25, -0.2) is 5.43 Å². The highest BCUT2D eigenvalue weighted by Gasteiger charge is 2.09. The molecule has 2 aromatic rings. The number of benzene rings is 2. The Balaban J connectivity index is 1.88. The lowest BCUT2D eigenvalue weighted by Crippen LogP contribution is -2.24. The van der Waals surface area contributed by atoms with Crippen LogP contribution >= 0.6 is 11.6 Å². The van der Waals surface area contributed by atoms with Crippen LogP contribution in [0.1, 0.15) is 37.3 Å². The largest absolute Gasteiger partial charge is 0.504 e. The standard InChI is InChI=1S/C20H23ClN2O4/c1-4-13(2)14-5-7-17(8-6-14)27-12-19(24)23-22-11-15-9-16(21)10-18(26-3)20(15)25/h5-11,13,25H,4,12H2,1-3H3,(H,23,24)/b22-11+. The van der Waals surface area contributed by atoms with Gasteiger partial charge >= 0.3 is 0 Å². The van der Waals surface area contributed by atoms with Crippen LogP contribution in [0.25, 0.3) is 0 Å². The van der Waals surface area contributed by atoms with Gasteiger partial charge in [0.25, 0.3) is 5.91 Å². The normalized spacial score (nSPS) is 12.0. The summed E-state index contributed by atoms with van der Waals surface area (Å²) in [5.74, 6) is 0.777. The quantitative estimate of drug-likeness (QED) is 0.525. The molecule has 0 aliphatic rings. The van der Waals surface area contributed by atoms with Crippen LogP contribution in [0.2, 0.25) is 5.02 Å². The van der Waals surface area contributed by atoms with E-state index in [0.29, 0.717) is 22.3 Å². The molecule has 144 valence electrons. The zero-order chi connectivity index (χ0) is 19.8. The monoisotopic (exact) mass is 390 g/mol. The van der Waals surface area contributed by atoms with Crippen molar-refractivity contribution in [3.63, 3.8) is 0 Å². The number of amides is 1. The average molecular weight is 391 g/mol. The third-order valence-corrected chi connectivity index (χ3v) is 4.33. The minimum atomic E-state index is -0.425. The molecule has 0 fully saturated rings. The zero-order valence-corrected chi connectivity index (χ0v) is 16.3. The molecule has 0 spiro atoms. The van der Waals surface area contributed by atoms with Crippen molar-refractivity contribution in [2.45, 2.75) is 26.2 Å². The van der Waals surface area contributed by atoms with Gasteiger partial charge in [-0.15, -0.1) is 0 Å². The van der Waals surface area contributed by atoms with E-state index in [1.807, 2.05) is 24.3 Å². The lowest BCUT2D eigenvalue weighted by molar-refractivity contribution is -0.123. The second-order valence-corrected chi connectivity index (χ2v) is 6.44. The van der Waals surface area contributed by atoms with Gasteiger partial charge in [-0.1, -0.05) is 37.6 Å². The Morgan fingerprint density at radius 1 is 1.33 bits per heavy atom. The van der Waals surface area contributed by atoms with Gasteiger partial charge < -0.3 is 14.6 Å². The Labute approximate surface area is 163 Å². The van der Waals surface area contributed by atoms with E-state index < -0.39 is 5.91 Å². The summed E-state index contributed by atoms with van der Waals surface area (Å²) in [6, 6.07) is 10.7. The van der Waals surface area contributed by atoms with Gasteiger partial charge in [0.1, 0.15) is 5.75 Å². The van der Waals surface area contributed by atoms with E-state index in [4.69, 9.17) is 21.1 Å². The second kappa shape index (κ2) is 9.83. The highest BCUT2D eigenvalue weighted by Crippen LogP contribution is 2.32. The maximum Gasteiger partial charge on any atom is 0.277 e. The Kier molecular flexibility index (Phi) is 7.49. The summed E-state index contributed by atoms with van der Waals surface area (Å²) in [4.78, 5) is 11.8. The summed E-state index contributed by atoms with van der Waals surface area (Å²) < 4.78 is 10.5. The summed E-state index contributed by atoms with van der Waals surface area (Å²) in [5.41, 5.74) is 3.89. The molecule has 0 bridgehead atoms. The van der Waals surface area contributed by atoms with E-state index in [-0.39, 0.29) is 18.1 Å². The van der Waals surface area contributed by atoms with E-state index in [2.05, 4.69) is 24.4 Å². The maximum absolute atomic E-state index is 11.8. The van der Waals surface area contributed by atoms with Crippen LogP contribution in [0.4, 0.5) is 0 Å². The molecule has 2 N–H and O–H groups in total. The molecule has 2 rings (SSSR count). The van der Waals surface area contributed by atoms with Crippen LogP contribution in [-0.4, -0.2) is 30.9 Å². The van der Waals surface area contributed by atoms with Crippen LogP contribution in [0.5, 0.6) is 17.2 Å². The van der Waals surface area contributed by atoms with Gasteiger partial charge in [0, 0.05) is 16.7 Å². The number of hydrogen-bond acceptors (Lipinski definition) is 5. The molecular formula is C20H23ClN2O4. The van der Waals surface area contributed by atoms with E-state index in [0.717, 1.165) is 6.42 Å². The SMILES string of the molecule is CCC(C)c1ccc(OCC(=O)N/N=C/c2cc(Cl)cc(OC)c2O)cc1. The van der Waals surface area contributed by atoms with Crippen molar-refractivity contribution in [3.8, 4) is 17.2 Å². The Bertz CT molecular complexity index is 806. The van der Waals surface area contributed by atoms with Crippen molar-refractivity contribution in [1.29, 1.82) is 0 Å². The number of hydrazone groups is 1. The fourth-order valence-corrected chi connectivity index (χ4v) is 2.55. The third kappa shape index (κ3) is 5.89. The van der Waals surface area contributed by atoms with Gasteiger partial charge in [-0.05, 0) is 36.1 Å². The molecule has 1 unspecified atom stereocenters. The van der Waals surface area contributed by atoms with Gasteiger partial charge in [-0.2, -0.15) is 5.10 Å². The third-order valence-electron chi connectivity index (χ3n) is 4.11. The minimum Gasteiger partial charge on any atom is -0.504 e. The number of methoxy groups -OCH3 is 1. The zero-order valence-electron chi connectivity index (χ0n) is 15.5. The van der Waals surface area contributed by atoms with E-state index in [1.54, 1.807) is 0 Å². The first-order valence-electron chi connectivity index (χ1n) is 8.55. The summed E-state index contributed by atoms with van der Waals surface area (Å²) in [6.45, 7) is 4.12. The number of hydrogen-bond donors (Lipinski definition) is 2. The van der Waals surface area contributed by atoms with Crippen LogP contribution < -0.4 is 14.9 Å². The summed E-state index contributed by atoms with van der Waals surface area (Å²) in [6.07, 6.45) is 2.34.